The van der Waals surface area contributed by atoms with Crippen LogP contribution in [0.25, 0.3) is 0 Å². The maximum absolute atomic E-state index is 13.5. The minimum absolute atomic E-state index is 0.264. The van der Waals surface area contributed by atoms with Gasteiger partial charge in [0.1, 0.15) is 6.61 Å². The number of guanidine groups is 1. The minimum atomic E-state index is -0.352. The highest BCUT2D eigenvalue weighted by atomic mass is 19.1. The van der Waals surface area contributed by atoms with Crippen LogP contribution in [0.4, 0.5) is 4.39 Å². The Hall–Kier alpha value is -2.57. The van der Waals surface area contributed by atoms with Crippen molar-refractivity contribution in [1.29, 1.82) is 0 Å². The Balaban J connectivity index is 1.86. The zero-order chi connectivity index (χ0) is 18.4. The molecule has 136 valence electrons. The lowest BCUT2D eigenvalue weighted by Gasteiger charge is -2.22. The van der Waals surface area contributed by atoms with Gasteiger partial charge in [-0.15, -0.1) is 0 Å². The van der Waals surface area contributed by atoms with Crippen LogP contribution >= 0.6 is 0 Å². The number of nitrogens with zero attached hydrogens (tertiary/aromatic N) is 4. The van der Waals surface area contributed by atoms with Gasteiger partial charge in [0, 0.05) is 38.9 Å². The highest BCUT2D eigenvalue weighted by molar-refractivity contribution is 5.79. The molecule has 1 aromatic carbocycles. The van der Waals surface area contributed by atoms with Gasteiger partial charge in [0.05, 0.1) is 12.2 Å². The van der Waals surface area contributed by atoms with E-state index >= 15 is 0 Å². The SMILES string of the molecule is CN=C(NCc1c(C)nn(C)c1C)N(C)CCOc1ccccc1F. The van der Waals surface area contributed by atoms with Crippen molar-refractivity contribution < 1.29 is 9.13 Å². The van der Waals surface area contributed by atoms with Gasteiger partial charge in [0.25, 0.3) is 0 Å². The molecule has 0 saturated heterocycles. The minimum Gasteiger partial charge on any atom is -0.489 e. The number of aliphatic imine (C=N–C) groups is 1. The summed E-state index contributed by atoms with van der Waals surface area (Å²) in [6.45, 7) is 5.64. The fraction of sp³-hybridized carbons (Fsp3) is 0.444. The second-order valence-corrected chi connectivity index (χ2v) is 5.87. The van der Waals surface area contributed by atoms with Crippen molar-refractivity contribution in [3.8, 4) is 5.75 Å². The molecule has 0 aliphatic carbocycles. The summed E-state index contributed by atoms with van der Waals surface area (Å²) < 4.78 is 20.9. The normalized spacial score (nSPS) is 11.5. The third-order valence-electron chi connectivity index (χ3n) is 4.18. The fourth-order valence-corrected chi connectivity index (χ4v) is 2.59. The van der Waals surface area contributed by atoms with Gasteiger partial charge in [0.2, 0.25) is 0 Å². The van der Waals surface area contributed by atoms with Crippen molar-refractivity contribution in [2.24, 2.45) is 12.0 Å². The smallest absolute Gasteiger partial charge is 0.193 e. The first-order valence-electron chi connectivity index (χ1n) is 8.22. The van der Waals surface area contributed by atoms with Crippen LogP contribution in [-0.2, 0) is 13.6 Å². The predicted octanol–water partition coefficient (Wildman–Crippen LogP) is 2.26. The number of ether oxygens (including phenoxy) is 1. The highest BCUT2D eigenvalue weighted by Gasteiger charge is 2.12. The van der Waals surface area contributed by atoms with Crippen molar-refractivity contribution in [2.75, 3.05) is 27.2 Å². The number of aryl methyl sites for hydroxylation is 2. The van der Waals surface area contributed by atoms with E-state index in [0.29, 0.717) is 19.7 Å². The van der Waals surface area contributed by atoms with Crippen LogP contribution in [0.3, 0.4) is 0 Å². The molecule has 0 unspecified atom stereocenters. The first-order chi connectivity index (χ1) is 11.9. The first kappa shape index (κ1) is 18.8. The average molecular weight is 347 g/mol. The second-order valence-electron chi connectivity index (χ2n) is 5.87. The number of rotatable bonds is 6. The van der Waals surface area contributed by atoms with Gasteiger partial charge in [0.15, 0.2) is 17.5 Å². The summed E-state index contributed by atoms with van der Waals surface area (Å²) in [5.74, 6) is 0.662. The number of hydrogen-bond donors (Lipinski definition) is 1. The largest absolute Gasteiger partial charge is 0.489 e. The maximum Gasteiger partial charge on any atom is 0.193 e. The molecular formula is C18H26FN5O. The number of aromatic nitrogens is 2. The monoisotopic (exact) mass is 347 g/mol. The van der Waals surface area contributed by atoms with Gasteiger partial charge in [-0.2, -0.15) is 5.10 Å². The van der Waals surface area contributed by atoms with E-state index in [0.717, 1.165) is 17.3 Å². The Kier molecular flexibility index (Phi) is 6.38. The summed E-state index contributed by atoms with van der Waals surface area (Å²) in [6, 6.07) is 6.40. The predicted molar refractivity (Wildman–Crippen MR) is 97.4 cm³/mol. The highest BCUT2D eigenvalue weighted by Crippen LogP contribution is 2.15. The molecule has 0 aliphatic rings. The van der Waals surface area contributed by atoms with Crippen LogP contribution in [0.5, 0.6) is 5.75 Å². The topological polar surface area (TPSA) is 54.7 Å². The molecule has 1 aromatic heterocycles. The average Bonchev–Trinajstić information content (AvgIpc) is 2.83. The number of para-hydroxylation sites is 1. The van der Waals surface area contributed by atoms with Crippen LogP contribution in [0.2, 0.25) is 0 Å². The molecule has 0 saturated carbocycles. The molecule has 0 aliphatic heterocycles. The second kappa shape index (κ2) is 8.50. The van der Waals surface area contributed by atoms with Gasteiger partial charge in [-0.05, 0) is 26.0 Å². The molecular weight excluding hydrogens is 321 g/mol. The van der Waals surface area contributed by atoms with Crippen molar-refractivity contribution in [3.05, 3.63) is 47.0 Å². The van der Waals surface area contributed by atoms with Crippen LogP contribution < -0.4 is 10.1 Å². The summed E-state index contributed by atoms with van der Waals surface area (Å²) in [7, 11) is 5.59. The Morgan fingerprint density at radius 1 is 1.36 bits per heavy atom. The Bertz CT molecular complexity index is 741. The van der Waals surface area contributed by atoms with E-state index in [2.05, 4.69) is 15.4 Å². The lowest BCUT2D eigenvalue weighted by atomic mass is 10.2. The van der Waals surface area contributed by atoms with E-state index in [4.69, 9.17) is 4.74 Å². The molecule has 25 heavy (non-hydrogen) atoms. The summed E-state index contributed by atoms with van der Waals surface area (Å²) >= 11 is 0. The molecule has 0 bridgehead atoms. The molecule has 0 spiro atoms. The van der Waals surface area contributed by atoms with Gasteiger partial charge in [-0.1, -0.05) is 12.1 Å². The molecule has 1 N–H and O–H groups in total. The number of halogens is 1. The quantitative estimate of drug-likeness (QED) is 0.643. The number of benzene rings is 1. The number of likely N-dealkylation sites (N-methyl/N-ethyl adjacent to an activating group) is 1. The molecule has 2 aromatic rings. The number of hydrogen-bond acceptors (Lipinski definition) is 3. The summed E-state index contributed by atoms with van der Waals surface area (Å²) in [6.07, 6.45) is 0. The summed E-state index contributed by atoms with van der Waals surface area (Å²) in [5.41, 5.74) is 3.30. The van der Waals surface area contributed by atoms with E-state index in [9.17, 15) is 4.39 Å². The van der Waals surface area contributed by atoms with Crippen LogP contribution in [0.1, 0.15) is 17.0 Å². The Labute approximate surface area is 148 Å². The molecule has 7 heteroatoms. The number of nitrogens with one attached hydrogen (secondary N) is 1. The third kappa shape index (κ3) is 4.71. The fourth-order valence-electron chi connectivity index (χ4n) is 2.59. The lowest BCUT2D eigenvalue weighted by Crippen LogP contribution is -2.40. The van der Waals surface area contributed by atoms with E-state index in [-0.39, 0.29) is 11.6 Å². The van der Waals surface area contributed by atoms with E-state index < -0.39 is 0 Å². The Morgan fingerprint density at radius 3 is 2.68 bits per heavy atom. The van der Waals surface area contributed by atoms with Gasteiger partial charge in [-0.3, -0.25) is 9.67 Å². The van der Waals surface area contributed by atoms with Crippen LogP contribution in [0.15, 0.2) is 29.3 Å². The zero-order valence-corrected chi connectivity index (χ0v) is 15.5. The van der Waals surface area contributed by atoms with E-state index in [1.165, 1.54) is 11.6 Å². The summed E-state index contributed by atoms with van der Waals surface area (Å²) in [4.78, 5) is 6.23. The molecule has 0 fully saturated rings. The van der Waals surface area contributed by atoms with Crippen LogP contribution in [0, 0.1) is 19.7 Å². The molecule has 0 amide bonds. The molecule has 0 radical (unpaired) electrons. The standard InChI is InChI=1S/C18H26FN5O/c1-13-15(14(2)24(5)22-13)12-21-18(20-3)23(4)10-11-25-17-9-7-6-8-16(17)19/h6-9H,10-12H2,1-5H3,(H,20,21). The van der Waals surface area contributed by atoms with Gasteiger partial charge in [-0.25, -0.2) is 4.39 Å². The first-order valence-corrected chi connectivity index (χ1v) is 8.22. The van der Waals surface area contributed by atoms with Gasteiger partial charge >= 0.3 is 0 Å². The van der Waals surface area contributed by atoms with Crippen molar-refractivity contribution in [3.63, 3.8) is 0 Å². The summed E-state index contributed by atoms with van der Waals surface area (Å²) in [5, 5.41) is 7.75. The van der Waals surface area contributed by atoms with Crippen molar-refractivity contribution >= 4 is 5.96 Å². The van der Waals surface area contributed by atoms with Gasteiger partial charge < -0.3 is 15.0 Å². The van der Waals surface area contributed by atoms with Crippen molar-refractivity contribution in [2.45, 2.75) is 20.4 Å². The molecule has 2 rings (SSSR count). The van der Waals surface area contributed by atoms with Crippen LogP contribution in [-0.4, -0.2) is 47.9 Å². The van der Waals surface area contributed by atoms with Crippen molar-refractivity contribution in [1.82, 2.24) is 20.0 Å². The molecule has 0 atom stereocenters. The lowest BCUT2D eigenvalue weighted by molar-refractivity contribution is 0.270. The molecule has 1 heterocycles. The van der Waals surface area contributed by atoms with E-state index in [1.807, 2.05) is 37.5 Å². The van der Waals surface area contributed by atoms with E-state index in [1.54, 1.807) is 25.2 Å². The zero-order valence-electron chi connectivity index (χ0n) is 15.5. The Morgan fingerprint density at radius 2 is 2.08 bits per heavy atom. The third-order valence-corrected chi connectivity index (χ3v) is 4.18. The maximum atomic E-state index is 13.5. The molecule has 6 nitrogen and oxygen atoms in total.